The van der Waals surface area contributed by atoms with Gasteiger partial charge in [0.15, 0.2) is 6.20 Å². The van der Waals surface area contributed by atoms with Crippen LogP contribution in [-0.2, 0) is 7.05 Å². The standard InChI is InChI=1S/C14H13NO.HI/c1-15-10-3-2-6-13(15)9-8-12-5-4-7-14(16)11-12;/h2-11H,1H3;1H/p+1/b9-8+;. The number of rotatable bonds is 2. The molecule has 0 aliphatic heterocycles. The molecule has 0 aliphatic rings. The molecule has 0 amide bonds. The van der Waals surface area contributed by atoms with Crippen LogP contribution in [0.4, 0.5) is 0 Å². The van der Waals surface area contributed by atoms with E-state index in [1.807, 2.05) is 60.3 Å². The molecule has 2 aromatic rings. The molecule has 2 rings (SSSR count). The SMILES string of the molecule is C[n+]1ccccc1/C=C/c1cccc(O)c1.I. The van der Waals surface area contributed by atoms with E-state index >= 15 is 0 Å². The number of phenols is 1. The van der Waals surface area contributed by atoms with Gasteiger partial charge < -0.3 is 5.11 Å². The molecular weight excluding hydrogens is 325 g/mol. The summed E-state index contributed by atoms with van der Waals surface area (Å²) in [6, 6.07) is 13.2. The molecule has 0 atom stereocenters. The predicted octanol–water partition coefficient (Wildman–Crippen LogP) is 3.01. The van der Waals surface area contributed by atoms with Crippen LogP contribution in [0, 0.1) is 0 Å². The molecule has 17 heavy (non-hydrogen) atoms. The number of aromatic hydroxyl groups is 1. The molecule has 1 aromatic carbocycles. The summed E-state index contributed by atoms with van der Waals surface area (Å²) >= 11 is 0. The van der Waals surface area contributed by atoms with E-state index in [4.69, 9.17) is 0 Å². The van der Waals surface area contributed by atoms with Crippen LogP contribution in [0.3, 0.4) is 0 Å². The summed E-state index contributed by atoms with van der Waals surface area (Å²) in [5.74, 6) is 0.291. The van der Waals surface area contributed by atoms with E-state index in [0.717, 1.165) is 11.3 Å². The van der Waals surface area contributed by atoms with Gasteiger partial charge in [-0.05, 0) is 29.8 Å². The van der Waals surface area contributed by atoms with Gasteiger partial charge in [-0.25, -0.2) is 4.57 Å². The molecule has 0 unspecified atom stereocenters. The second-order valence-electron chi connectivity index (χ2n) is 3.66. The summed E-state index contributed by atoms with van der Waals surface area (Å²) in [5.41, 5.74) is 2.11. The first-order valence-corrected chi connectivity index (χ1v) is 5.17. The molecule has 88 valence electrons. The van der Waals surface area contributed by atoms with Crippen LogP contribution in [0.25, 0.3) is 12.2 Å². The van der Waals surface area contributed by atoms with Gasteiger partial charge >= 0.3 is 0 Å². The third kappa shape index (κ3) is 3.85. The molecule has 2 nitrogen and oxygen atoms in total. The number of hydrogen-bond donors (Lipinski definition) is 1. The summed E-state index contributed by atoms with van der Waals surface area (Å²) in [5, 5.41) is 9.33. The van der Waals surface area contributed by atoms with Crippen molar-refractivity contribution in [2.75, 3.05) is 0 Å². The van der Waals surface area contributed by atoms with Crippen LogP contribution in [0.2, 0.25) is 0 Å². The van der Waals surface area contributed by atoms with Crippen molar-refractivity contribution >= 4 is 36.1 Å². The zero-order valence-corrected chi connectivity index (χ0v) is 11.9. The fourth-order valence-electron chi connectivity index (χ4n) is 1.52. The Morgan fingerprint density at radius 2 is 1.88 bits per heavy atom. The molecule has 1 heterocycles. The van der Waals surface area contributed by atoms with Gasteiger partial charge in [0.25, 0.3) is 0 Å². The molecule has 0 radical (unpaired) electrons. The lowest BCUT2D eigenvalue weighted by molar-refractivity contribution is -0.673. The van der Waals surface area contributed by atoms with Gasteiger partial charge in [0.1, 0.15) is 12.8 Å². The quantitative estimate of drug-likeness (QED) is 0.660. The summed E-state index contributed by atoms with van der Waals surface area (Å²) in [6.07, 6.45) is 6.01. The van der Waals surface area contributed by atoms with Crippen molar-refractivity contribution in [3.05, 3.63) is 59.9 Å². The van der Waals surface area contributed by atoms with Crippen molar-refractivity contribution in [3.8, 4) is 5.75 Å². The van der Waals surface area contributed by atoms with Crippen molar-refractivity contribution in [2.45, 2.75) is 0 Å². The lowest BCUT2D eigenvalue weighted by Gasteiger charge is -1.95. The topological polar surface area (TPSA) is 24.1 Å². The second-order valence-corrected chi connectivity index (χ2v) is 3.66. The van der Waals surface area contributed by atoms with Gasteiger partial charge in [-0.1, -0.05) is 12.1 Å². The molecule has 0 spiro atoms. The highest BCUT2D eigenvalue weighted by Gasteiger charge is 1.98. The second kappa shape index (κ2) is 6.39. The monoisotopic (exact) mass is 340 g/mol. The average molecular weight is 340 g/mol. The Morgan fingerprint density at radius 3 is 2.59 bits per heavy atom. The van der Waals surface area contributed by atoms with Crippen molar-refractivity contribution in [2.24, 2.45) is 7.05 Å². The molecule has 0 saturated carbocycles. The van der Waals surface area contributed by atoms with Gasteiger partial charge in [-0.15, -0.1) is 24.0 Å². The smallest absolute Gasteiger partial charge is 0.204 e. The normalized spacial score (nSPS) is 10.2. The molecule has 0 bridgehead atoms. The highest BCUT2D eigenvalue weighted by molar-refractivity contribution is 14.0. The van der Waals surface area contributed by atoms with Crippen molar-refractivity contribution in [3.63, 3.8) is 0 Å². The van der Waals surface area contributed by atoms with Crippen LogP contribution in [-0.4, -0.2) is 5.11 Å². The van der Waals surface area contributed by atoms with Gasteiger partial charge in [0, 0.05) is 18.2 Å². The minimum absolute atomic E-state index is 0. The van der Waals surface area contributed by atoms with Crippen LogP contribution in [0.1, 0.15) is 11.3 Å². The van der Waals surface area contributed by atoms with E-state index < -0.39 is 0 Å². The van der Waals surface area contributed by atoms with Crippen LogP contribution in [0.5, 0.6) is 5.75 Å². The molecule has 1 aromatic heterocycles. The summed E-state index contributed by atoms with van der Waals surface area (Å²) in [6.45, 7) is 0. The third-order valence-electron chi connectivity index (χ3n) is 2.41. The van der Waals surface area contributed by atoms with E-state index in [1.54, 1.807) is 12.1 Å². The van der Waals surface area contributed by atoms with Crippen LogP contribution < -0.4 is 4.57 Å². The molecule has 0 saturated heterocycles. The number of halogens is 1. The van der Waals surface area contributed by atoms with Gasteiger partial charge in [0.05, 0.1) is 0 Å². The Morgan fingerprint density at radius 1 is 1.06 bits per heavy atom. The molecule has 0 aliphatic carbocycles. The highest BCUT2D eigenvalue weighted by atomic mass is 127. The highest BCUT2D eigenvalue weighted by Crippen LogP contribution is 2.12. The number of pyridine rings is 1. The zero-order valence-electron chi connectivity index (χ0n) is 9.58. The van der Waals surface area contributed by atoms with E-state index in [2.05, 4.69) is 0 Å². The number of hydrogen-bond acceptors (Lipinski definition) is 1. The van der Waals surface area contributed by atoms with E-state index in [0.29, 0.717) is 5.75 Å². The minimum Gasteiger partial charge on any atom is -0.508 e. The Kier molecular flexibility index (Phi) is 5.15. The Bertz CT molecular complexity index is 523. The van der Waals surface area contributed by atoms with E-state index in [1.165, 1.54) is 0 Å². The Labute approximate surface area is 118 Å². The predicted molar refractivity (Wildman–Crippen MR) is 80.1 cm³/mol. The molecule has 0 fully saturated rings. The maximum absolute atomic E-state index is 9.33. The average Bonchev–Trinajstić information content (AvgIpc) is 2.28. The van der Waals surface area contributed by atoms with Gasteiger partial charge in [0.2, 0.25) is 5.69 Å². The molecule has 3 heteroatoms. The van der Waals surface area contributed by atoms with Crippen molar-refractivity contribution in [1.82, 2.24) is 0 Å². The summed E-state index contributed by atoms with van der Waals surface area (Å²) < 4.78 is 2.04. The molecule has 1 N–H and O–H groups in total. The summed E-state index contributed by atoms with van der Waals surface area (Å²) in [4.78, 5) is 0. The number of benzene rings is 1. The maximum Gasteiger partial charge on any atom is 0.204 e. The Hall–Kier alpha value is -1.36. The number of nitrogens with zero attached hydrogens (tertiary/aromatic N) is 1. The van der Waals surface area contributed by atoms with Crippen LogP contribution in [0.15, 0.2) is 48.7 Å². The van der Waals surface area contributed by atoms with E-state index in [-0.39, 0.29) is 24.0 Å². The number of phenolic OH excluding ortho intramolecular Hbond substituents is 1. The fraction of sp³-hybridized carbons (Fsp3) is 0.0714. The first-order chi connectivity index (χ1) is 7.75. The number of aryl methyl sites for hydroxylation is 1. The minimum atomic E-state index is 0. The first-order valence-electron chi connectivity index (χ1n) is 5.17. The Balaban J connectivity index is 0.00000144. The third-order valence-corrected chi connectivity index (χ3v) is 2.41. The van der Waals surface area contributed by atoms with Crippen molar-refractivity contribution < 1.29 is 9.67 Å². The fourth-order valence-corrected chi connectivity index (χ4v) is 1.52. The number of aromatic nitrogens is 1. The summed E-state index contributed by atoms with van der Waals surface area (Å²) in [7, 11) is 2.00. The largest absolute Gasteiger partial charge is 0.508 e. The molecular formula is C14H15INO+. The first kappa shape index (κ1) is 13.7. The van der Waals surface area contributed by atoms with Crippen molar-refractivity contribution in [1.29, 1.82) is 0 Å². The zero-order chi connectivity index (χ0) is 11.4. The van der Waals surface area contributed by atoms with Crippen LogP contribution >= 0.6 is 24.0 Å². The lowest BCUT2D eigenvalue weighted by Crippen LogP contribution is -2.30. The van der Waals surface area contributed by atoms with Gasteiger partial charge in [-0.2, -0.15) is 0 Å². The maximum atomic E-state index is 9.33. The van der Waals surface area contributed by atoms with Gasteiger partial charge in [-0.3, -0.25) is 0 Å². The van der Waals surface area contributed by atoms with E-state index in [9.17, 15) is 5.11 Å². The lowest BCUT2D eigenvalue weighted by atomic mass is 10.2.